The molecule has 1 aliphatic rings. The van der Waals surface area contributed by atoms with Crippen LogP contribution in [0.4, 0.5) is 13.2 Å². The van der Waals surface area contributed by atoms with E-state index in [1.165, 1.54) is 24.3 Å². The van der Waals surface area contributed by atoms with Crippen LogP contribution in [0.15, 0.2) is 29.2 Å². The first-order valence-corrected chi connectivity index (χ1v) is 6.45. The second-order valence-electron chi connectivity index (χ2n) is 4.41. The number of carbonyl (C=O) groups is 2. The van der Waals surface area contributed by atoms with Crippen LogP contribution < -0.4 is 5.32 Å². The molecule has 4 nitrogen and oxygen atoms in total. The van der Waals surface area contributed by atoms with Gasteiger partial charge >= 0.3 is 11.5 Å². The van der Waals surface area contributed by atoms with Crippen molar-refractivity contribution in [3.05, 3.63) is 29.8 Å². The lowest BCUT2D eigenvalue weighted by molar-refractivity contribution is -0.140. The number of nitrogens with one attached hydrogen (secondary N) is 1. The van der Waals surface area contributed by atoms with Gasteiger partial charge in [0.05, 0.1) is 0 Å². The molecule has 0 spiro atoms. The molecule has 1 aromatic carbocycles. The van der Waals surface area contributed by atoms with Crippen LogP contribution >= 0.6 is 11.8 Å². The van der Waals surface area contributed by atoms with E-state index in [1.807, 2.05) is 0 Å². The number of rotatable bonds is 4. The van der Waals surface area contributed by atoms with Crippen LogP contribution in [0, 0.1) is 0 Å². The topological polar surface area (TPSA) is 66.4 Å². The van der Waals surface area contributed by atoms with E-state index in [9.17, 15) is 22.8 Å². The van der Waals surface area contributed by atoms with E-state index in [1.54, 1.807) is 0 Å². The number of hydrogen-bond donors (Lipinski definition) is 2. The molecule has 1 aromatic rings. The summed E-state index contributed by atoms with van der Waals surface area (Å²) in [7, 11) is 0. The number of hydrogen-bond acceptors (Lipinski definition) is 3. The third-order valence-electron chi connectivity index (χ3n) is 2.86. The minimum absolute atomic E-state index is 0.0339. The van der Waals surface area contributed by atoms with Gasteiger partial charge in [0, 0.05) is 10.5 Å². The maximum Gasteiger partial charge on any atom is 0.446 e. The second kappa shape index (κ2) is 5.01. The lowest BCUT2D eigenvalue weighted by Gasteiger charge is -2.12. The molecule has 1 fully saturated rings. The fraction of sp³-hybridized carbons (Fsp3) is 0.333. The van der Waals surface area contributed by atoms with Crippen molar-refractivity contribution in [2.75, 3.05) is 0 Å². The highest BCUT2D eigenvalue weighted by Crippen LogP contribution is 2.37. The first kappa shape index (κ1) is 14.7. The summed E-state index contributed by atoms with van der Waals surface area (Å²) >= 11 is -0.274. The Morgan fingerprint density at radius 3 is 2.15 bits per heavy atom. The molecule has 8 heteroatoms. The highest BCUT2D eigenvalue weighted by atomic mass is 32.2. The summed E-state index contributed by atoms with van der Waals surface area (Å²) < 4.78 is 36.4. The van der Waals surface area contributed by atoms with Crippen LogP contribution in [0.2, 0.25) is 0 Å². The number of carboxylic acid groups (broad SMARTS) is 1. The number of amides is 1. The molecule has 1 amide bonds. The maximum atomic E-state index is 12.1. The molecule has 0 unspecified atom stereocenters. The molecule has 0 aromatic heterocycles. The Labute approximate surface area is 116 Å². The highest BCUT2D eigenvalue weighted by Gasteiger charge is 2.51. The first-order chi connectivity index (χ1) is 9.22. The Bertz CT molecular complexity index is 538. The first-order valence-electron chi connectivity index (χ1n) is 5.64. The van der Waals surface area contributed by atoms with Gasteiger partial charge in [-0.3, -0.25) is 4.79 Å². The van der Waals surface area contributed by atoms with Crippen molar-refractivity contribution in [1.82, 2.24) is 5.32 Å². The Balaban J connectivity index is 2.03. The molecule has 0 aliphatic heterocycles. The van der Waals surface area contributed by atoms with Gasteiger partial charge in [-0.25, -0.2) is 4.79 Å². The summed E-state index contributed by atoms with van der Waals surface area (Å²) in [6.07, 6.45) is 0.714. The minimum Gasteiger partial charge on any atom is -0.480 e. The van der Waals surface area contributed by atoms with Crippen molar-refractivity contribution in [1.29, 1.82) is 0 Å². The number of carbonyl (C=O) groups excluding carboxylic acids is 1. The van der Waals surface area contributed by atoms with Gasteiger partial charge in [-0.05, 0) is 48.9 Å². The van der Waals surface area contributed by atoms with E-state index < -0.39 is 22.9 Å². The average Bonchev–Trinajstić information content (AvgIpc) is 3.08. The molecule has 2 N–H and O–H groups in total. The summed E-state index contributed by atoms with van der Waals surface area (Å²) in [6, 6.07) is 4.82. The molecule has 108 valence electrons. The van der Waals surface area contributed by atoms with E-state index in [0.717, 1.165) is 0 Å². The van der Waals surface area contributed by atoms with Crippen molar-refractivity contribution in [2.45, 2.75) is 28.8 Å². The lowest BCUT2D eigenvalue weighted by atomic mass is 10.2. The SMILES string of the molecule is O=C(NC1(C(=O)O)CC1)c1ccc(SC(F)(F)F)cc1. The monoisotopic (exact) mass is 305 g/mol. The van der Waals surface area contributed by atoms with E-state index >= 15 is 0 Å². The van der Waals surface area contributed by atoms with Crippen LogP contribution in [0.5, 0.6) is 0 Å². The highest BCUT2D eigenvalue weighted by molar-refractivity contribution is 8.00. The van der Waals surface area contributed by atoms with E-state index in [-0.39, 0.29) is 22.2 Å². The van der Waals surface area contributed by atoms with E-state index in [0.29, 0.717) is 12.8 Å². The standard InChI is InChI=1S/C12H10F3NO3S/c13-12(14,15)20-8-3-1-7(2-4-8)9(17)16-11(5-6-11)10(18)19/h1-4H,5-6H2,(H,16,17)(H,18,19). The van der Waals surface area contributed by atoms with Gasteiger partial charge in [0.25, 0.3) is 5.91 Å². The summed E-state index contributed by atoms with van der Waals surface area (Å²) in [5.41, 5.74) is -5.47. The zero-order valence-electron chi connectivity index (χ0n) is 10.0. The Kier molecular flexibility index (Phi) is 3.68. The number of benzene rings is 1. The van der Waals surface area contributed by atoms with Crippen molar-refractivity contribution in [3.63, 3.8) is 0 Å². The van der Waals surface area contributed by atoms with Crippen LogP contribution in [0.25, 0.3) is 0 Å². The van der Waals surface area contributed by atoms with Gasteiger partial charge in [0.1, 0.15) is 5.54 Å². The second-order valence-corrected chi connectivity index (χ2v) is 5.55. The molecule has 0 atom stereocenters. The normalized spacial score (nSPS) is 16.6. The number of aliphatic carboxylic acids is 1. The van der Waals surface area contributed by atoms with Gasteiger partial charge < -0.3 is 10.4 Å². The van der Waals surface area contributed by atoms with Gasteiger partial charge in [0.2, 0.25) is 0 Å². The van der Waals surface area contributed by atoms with Gasteiger partial charge in [-0.2, -0.15) is 13.2 Å². The molecule has 0 bridgehead atoms. The van der Waals surface area contributed by atoms with E-state index in [4.69, 9.17) is 5.11 Å². The molecule has 0 saturated heterocycles. The smallest absolute Gasteiger partial charge is 0.446 e. The van der Waals surface area contributed by atoms with Crippen LogP contribution in [-0.4, -0.2) is 28.0 Å². The van der Waals surface area contributed by atoms with Gasteiger partial charge in [0.15, 0.2) is 0 Å². The molecule has 20 heavy (non-hydrogen) atoms. The molecular weight excluding hydrogens is 295 g/mol. The maximum absolute atomic E-state index is 12.1. The molecule has 0 heterocycles. The third kappa shape index (κ3) is 3.44. The quantitative estimate of drug-likeness (QED) is 0.839. The Morgan fingerprint density at radius 2 is 1.75 bits per heavy atom. The van der Waals surface area contributed by atoms with Crippen LogP contribution in [0.3, 0.4) is 0 Å². The van der Waals surface area contributed by atoms with E-state index in [2.05, 4.69) is 5.32 Å². The van der Waals surface area contributed by atoms with Gasteiger partial charge in [-0.1, -0.05) is 0 Å². The van der Waals surface area contributed by atoms with Crippen LogP contribution in [0.1, 0.15) is 23.2 Å². The van der Waals surface area contributed by atoms with Crippen LogP contribution in [-0.2, 0) is 4.79 Å². The largest absolute Gasteiger partial charge is 0.480 e. The average molecular weight is 305 g/mol. The predicted octanol–water partition coefficient (Wildman–Crippen LogP) is 2.65. The number of halogens is 3. The van der Waals surface area contributed by atoms with Crippen molar-refractivity contribution in [3.8, 4) is 0 Å². The molecule has 0 radical (unpaired) electrons. The zero-order valence-corrected chi connectivity index (χ0v) is 10.8. The third-order valence-corrected chi connectivity index (χ3v) is 3.60. The number of carboxylic acids is 1. The minimum atomic E-state index is -4.38. The molecule has 2 rings (SSSR count). The fourth-order valence-corrected chi connectivity index (χ4v) is 2.15. The predicted molar refractivity (Wildman–Crippen MR) is 65.4 cm³/mol. The van der Waals surface area contributed by atoms with Gasteiger partial charge in [-0.15, -0.1) is 0 Å². The Morgan fingerprint density at radius 1 is 1.20 bits per heavy atom. The lowest BCUT2D eigenvalue weighted by Crippen LogP contribution is -2.43. The Hall–Kier alpha value is -1.70. The summed E-state index contributed by atoms with van der Waals surface area (Å²) in [6.45, 7) is 0. The van der Waals surface area contributed by atoms with Crippen molar-refractivity contribution < 1.29 is 27.9 Å². The molecular formula is C12H10F3NO3S. The fourth-order valence-electron chi connectivity index (χ4n) is 1.61. The summed E-state index contributed by atoms with van der Waals surface area (Å²) in [4.78, 5) is 22.7. The molecule has 1 saturated carbocycles. The number of alkyl halides is 3. The van der Waals surface area contributed by atoms with Crippen molar-refractivity contribution >= 4 is 23.6 Å². The molecule has 1 aliphatic carbocycles. The summed E-state index contributed by atoms with van der Waals surface area (Å²) in [5, 5.41) is 11.3. The van der Waals surface area contributed by atoms with Crippen molar-refractivity contribution in [2.24, 2.45) is 0 Å². The number of thioether (sulfide) groups is 1. The zero-order chi connectivity index (χ0) is 15.0. The summed E-state index contributed by atoms with van der Waals surface area (Å²) in [5.74, 6) is -1.71.